The molecule has 0 fully saturated rings. The first-order valence-corrected chi connectivity index (χ1v) is 8.56. The summed E-state index contributed by atoms with van der Waals surface area (Å²) < 4.78 is 2.45. The Labute approximate surface area is 147 Å². The number of rotatable bonds is 3. The van der Waals surface area contributed by atoms with E-state index >= 15 is 0 Å². The van der Waals surface area contributed by atoms with Crippen molar-refractivity contribution in [1.82, 2.24) is 14.8 Å². The minimum atomic E-state index is -0.259. The summed E-state index contributed by atoms with van der Waals surface area (Å²) in [5, 5.41) is 8.66. The molecule has 1 amide bonds. The number of anilines is 1. The summed E-state index contributed by atoms with van der Waals surface area (Å²) in [7, 11) is 0. The average Bonchev–Trinajstić information content (AvgIpc) is 3.07. The molecule has 0 spiro atoms. The van der Waals surface area contributed by atoms with Gasteiger partial charge in [0.2, 0.25) is 0 Å². The number of carbonyl (C=O) groups is 1. The molecule has 5 nitrogen and oxygen atoms in total. The summed E-state index contributed by atoms with van der Waals surface area (Å²) in [6.07, 6.45) is 0. The number of hydrogen-bond donors (Lipinski definition) is 1. The van der Waals surface area contributed by atoms with Gasteiger partial charge in [0.05, 0.1) is 20.4 Å². The van der Waals surface area contributed by atoms with Crippen molar-refractivity contribution in [2.45, 2.75) is 26.8 Å². The molecular formula is C15H14Cl2N4OS. The van der Waals surface area contributed by atoms with Gasteiger partial charge in [-0.15, -0.1) is 0 Å². The Morgan fingerprint density at radius 3 is 2.65 bits per heavy atom. The van der Waals surface area contributed by atoms with Gasteiger partial charge in [-0.25, -0.2) is 4.98 Å². The third-order valence-corrected chi connectivity index (χ3v) is 4.98. The molecule has 1 aromatic carbocycles. The molecule has 2 aromatic heterocycles. The van der Waals surface area contributed by atoms with Gasteiger partial charge in [-0.1, -0.05) is 34.5 Å². The number of nitrogens with zero attached hydrogens (tertiary/aromatic N) is 3. The highest BCUT2D eigenvalue weighted by molar-refractivity contribution is 7.23. The maximum Gasteiger partial charge on any atom is 0.275 e. The number of aromatic nitrogens is 3. The molecule has 3 rings (SSSR count). The van der Waals surface area contributed by atoms with Crippen LogP contribution < -0.4 is 5.32 Å². The molecule has 3 aromatic rings. The maximum absolute atomic E-state index is 12.5. The largest absolute Gasteiger partial charge is 0.296 e. The van der Waals surface area contributed by atoms with Gasteiger partial charge in [-0.3, -0.25) is 14.8 Å². The quantitative estimate of drug-likeness (QED) is 0.711. The van der Waals surface area contributed by atoms with Crippen LogP contribution in [0.2, 0.25) is 10.0 Å². The van der Waals surface area contributed by atoms with E-state index in [1.54, 1.807) is 22.9 Å². The van der Waals surface area contributed by atoms with Crippen molar-refractivity contribution in [3.8, 4) is 0 Å². The van der Waals surface area contributed by atoms with Crippen molar-refractivity contribution in [3.05, 3.63) is 39.6 Å². The molecule has 0 aliphatic rings. The van der Waals surface area contributed by atoms with E-state index in [4.69, 9.17) is 23.2 Å². The fourth-order valence-corrected chi connectivity index (χ4v) is 3.66. The lowest BCUT2D eigenvalue weighted by atomic mass is 10.3. The van der Waals surface area contributed by atoms with Crippen molar-refractivity contribution in [2.24, 2.45) is 0 Å². The lowest BCUT2D eigenvalue weighted by molar-refractivity contribution is 0.101. The van der Waals surface area contributed by atoms with Crippen LogP contribution in [0.15, 0.2) is 18.2 Å². The first-order chi connectivity index (χ1) is 10.9. The van der Waals surface area contributed by atoms with Crippen molar-refractivity contribution in [2.75, 3.05) is 5.32 Å². The Morgan fingerprint density at radius 1 is 1.30 bits per heavy atom. The first kappa shape index (κ1) is 16.2. The minimum Gasteiger partial charge on any atom is -0.296 e. The standard InChI is InChI=1S/C15H14Cl2N4OS/c1-7(2)21-11(6-8(3)20-21)14(22)19-15-18-12-9(16)4-5-10(17)13(12)23-15/h4-7H,1-3H3,(H,18,19,22). The lowest BCUT2D eigenvalue weighted by Crippen LogP contribution is -2.18. The van der Waals surface area contributed by atoms with E-state index in [-0.39, 0.29) is 11.9 Å². The smallest absolute Gasteiger partial charge is 0.275 e. The van der Waals surface area contributed by atoms with Gasteiger partial charge in [0.1, 0.15) is 11.2 Å². The molecule has 0 atom stereocenters. The summed E-state index contributed by atoms with van der Waals surface area (Å²) in [4.78, 5) is 16.9. The van der Waals surface area contributed by atoms with Crippen molar-refractivity contribution in [1.29, 1.82) is 0 Å². The molecule has 0 bridgehead atoms. The molecule has 1 N–H and O–H groups in total. The third-order valence-electron chi connectivity index (χ3n) is 3.25. The Morgan fingerprint density at radius 2 is 2.00 bits per heavy atom. The normalized spacial score (nSPS) is 11.4. The molecule has 8 heteroatoms. The highest BCUT2D eigenvalue weighted by atomic mass is 35.5. The first-order valence-electron chi connectivity index (χ1n) is 6.99. The van der Waals surface area contributed by atoms with Crippen molar-refractivity contribution in [3.63, 3.8) is 0 Å². The van der Waals surface area contributed by atoms with Crippen LogP contribution in [0.25, 0.3) is 10.2 Å². The van der Waals surface area contributed by atoms with Crippen LogP contribution >= 0.6 is 34.5 Å². The summed E-state index contributed by atoms with van der Waals surface area (Å²) in [5.74, 6) is -0.259. The minimum absolute atomic E-state index is 0.0868. The van der Waals surface area contributed by atoms with Crippen LogP contribution in [-0.2, 0) is 0 Å². The van der Waals surface area contributed by atoms with Gasteiger partial charge >= 0.3 is 0 Å². The molecular weight excluding hydrogens is 355 g/mol. The molecule has 2 heterocycles. The zero-order valence-electron chi connectivity index (χ0n) is 12.7. The molecule has 0 radical (unpaired) electrons. The lowest BCUT2D eigenvalue weighted by Gasteiger charge is -2.09. The Hall–Kier alpha value is -1.63. The second kappa shape index (κ2) is 6.11. The molecule has 120 valence electrons. The molecule has 0 saturated carbocycles. The van der Waals surface area contributed by atoms with E-state index in [2.05, 4.69) is 15.4 Å². The van der Waals surface area contributed by atoms with Crippen LogP contribution in [0.5, 0.6) is 0 Å². The van der Waals surface area contributed by atoms with Gasteiger partial charge in [0, 0.05) is 6.04 Å². The van der Waals surface area contributed by atoms with Gasteiger partial charge in [-0.05, 0) is 39.0 Å². The van der Waals surface area contributed by atoms with E-state index in [1.165, 1.54) is 11.3 Å². The highest BCUT2D eigenvalue weighted by Gasteiger charge is 2.18. The van der Waals surface area contributed by atoms with Crippen LogP contribution in [-0.4, -0.2) is 20.7 Å². The van der Waals surface area contributed by atoms with E-state index in [9.17, 15) is 4.79 Å². The predicted octanol–water partition coefficient (Wildman–Crippen LogP) is 4.94. The van der Waals surface area contributed by atoms with Crippen LogP contribution in [0, 0.1) is 6.92 Å². The topological polar surface area (TPSA) is 59.8 Å². The number of fused-ring (bicyclic) bond motifs is 1. The summed E-state index contributed by atoms with van der Waals surface area (Å²) in [6, 6.07) is 5.24. The fourth-order valence-electron chi connectivity index (χ4n) is 2.24. The summed E-state index contributed by atoms with van der Waals surface area (Å²) in [6.45, 7) is 5.80. The zero-order valence-corrected chi connectivity index (χ0v) is 15.1. The summed E-state index contributed by atoms with van der Waals surface area (Å²) >= 11 is 13.6. The Kier molecular flexibility index (Phi) is 4.31. The highest BCUT2D eigenvalue weighted by Crippen LogP contribution is 2.36. The SMILES string of the molecule is Cc1cc(C(=O)Nc2nc3c(Cl)ccc(Cl)c3s2)n(C(C)C)n1. The molecule has 23 heavy (non-hydrogen) atoms. The average molecular weight is 369 g/mol. The summed E-state index contributed by atoms with van der Waals surface area (Å²) in [5.41, 5.74) is 1.88. The third kappa shape index (κ3) is 3.06. The van der Waals surface area contributed by atoms with Crippen LogP contribution in [0.3, 0.4) is 0 Å². The van der Waals surface area contributed by atoms with E-state index in [0.717, 1.165) is 10.4 Å². The second-order valence-corrected chi connectivity index (χ2v) is 7.20. The van der Waals surface area contributed by atoms with Crippen LogP contribution in [0.1, 0.15) is 36.1 Å². The van der Waals surface area contributed by atoms with Gasteiger partial charge < -0.3 is 0 Å². The van der Waals surface area contributed by atoms with E-state index < -0.39 is 0 Å². The zero-order chi connectivity index (χ0) is 16.7. The molecule has 0 aliphatic heterocycles. The van der Waals surface area contributed by atoms with Crippen molar-refractivity contribution < 1.29 is 4.79 Å². The monoisotopic (exact) mass is 368 g/mol. The Bertz CT molecular complexity index is 861. The molecule has 0 unspecified atom stereocenters. The number of benzene rings is 1. The number of thiazole rings is 1. The number of carbonyl (C=O) groups excluding carboxylic acids is 1. The number of halogens is 2. The second-order valence-electron chi connectivity index (χ2n) is 5.39. The maximum atomic E-state index is 12.5. The Balaban J connectivity index is 1.95. The van der Waals surface area contributed by atoms with Crippen LogP contribution in [0.4, 0.5) is 5.13 Å². The van der Waals surface area contributed by atoms with Gasteiger partial charge in [0.15, 0.2) is 5.13 Å². The number of nitrogens with one attached hydrogen (secondary N) is 1. The number of hydrogen-bond acceptors (Lipinski definition) is 4. The van der Waals surface area contributed by atoms with Crippen molar-refractivity contribution >= 4 is 55.8 Å². The predicted molar refractivity (Wildman–Crippen MR) is 94.9 cm³/mol. The number of amides is 1. The van der Waals surface area contributed by atoms with Gasteiger partial charge in [0.25, 0.3) is 5.91 Å². The van der Waals surface area contributed by atoms with E-state index in [0.29, 0.717) is 26.4 Å². The number of aryl methyl sites for hydroxylation is 1. The van der Waals surface area contributed by atoms with Gasteiger partial charge in [-0.2, -0.15) is 5.10 Å². The molecule has 0 aliphatic carbocycles. The van der Waals surface area contributed by atoms with E-state index in [1.807, 2.05) is 20.8 Å². The fraction of sp³-hybridized carbons (Fsp3) is 0.267. The molecule has 0 saturated heterocycles.